The Morgan fingerprint density at radius 3 is 2.93 bits per heavy atom. The third-order valence-electron chi connectivity index (χ3n) is 6.45. The second kappa shape index (κ2) is 7.23. The van der Waals surface area contributed by atoms with Gasteiger partial charge in [0.1, 0.15) is 6.61 Å². The molecule has 0 spiro atoms. The number of carbonyl (C=O) groups excluding carboxylic acids is 1. The first-order chi connectivity index (χ1) is 13.6. The highest BCUT2D eigenvalue weighted by atomic mass is 79.9. The molecule has 0 saturated carbocycles. The number of piperidine rings is 1. The van der Waals surface area contributed by atoms with Crippen LogP contribution in [0.4, 0.5) is 4.79 Å². The Balaban J connectivity index is 1.39. The van der Waals surface area contributed by atoms with Crippen molar-refractivity contribution in [3.05, 3.63) is 40.0 Å². The molecular formula is C22H26BrN3O2. The van der Waals surface area contributed by atoms with Crippen molar-refractivity contribution < 1.29 is 9.53 Å². The third kappa shape index (κ3) is 3.07. The summed E-state index contributed by atoms with van der Waals surface area (Å²) in [5.74, 6) is 0.226. The first kappa shape index (κ1) is 18.3. The SMILES string of the molecule is CN1C[C@H](COC(=O)N2CCCCC2)C=C2c3cccc4[nH]c(Br)c(c34)C[C@H]21. The van der Waals surface area contributed by atoms with E-state index in [1.54, 1.807) is 0 Å². The first-order valence-corrected chi connectivity index (χ1v) is 11.0. The summed E-state index contributed by atoms with van der Waals surface area (Å²) >= 11 is 3.71. The number of amides is 1. The molecule has 2 aromatic rings. The molecular weight excluding hydrogens is 418 g/mol. The van der Waals surface area contributed by atoms with Crippen LogP contribution in [-0.2, 0) is 11.2 Å². The van der Waals surface area contributed by atoms with Gasteiger partial charge in [0.2, 0.25) is 0 Å². The summed E-state index contributed by atoms with van der Waals surface area (Å²) in [6.07, 6.45) is 6.60. The fraction of sp³-hybridized carbons (Fsp3) is 0.500. The molecule has 1 saturated heterocycles. The maximum Gasteiger partial charge on any atom is 0.409 e. The molecule has 1 aromatic heterocycles. The van der Waals surface area contributed by atoms with E-state index in [-0.39, 0.29) is 12.0 Å². The predicted molar refractivity (Wildman–Crippen MR) is 114 cm³/mol. The second-order valence-corrected chi connectivity index (χ2v) is 9.10. The Labute approximate surface area is 173 Å². The molecule has 3 aliphatic rings. The van der Waals surface area contributed by atoms with Gasteiger partial charge in [-0.2, -0.15) is 0 Å². The maximum atomic E-state index is 12.4. The summed E-state index contributed by atoms with van der Waals surface area (Å²) in [7, 11) is 2.18. The molecule has 2 atom stereocenters. The van der Waals surface area contributed by atoms with E-state index in [4.69, 9.17) is 4.74 Å². The van der Waals surface area contributed by atoms with Crippen molar-refractivity contribution in [3.8, 4) is 0 Å². The van der Waals surface area contributed by atoms with E-state index >= 15 is 0 Å². The average molecular weight is 444 g/mol. The van der Waals surface area contributed by atoms with Crippen molar-refractivity contribution >= 4 is 38.5 Å². The molecule has 1 aromatic carbocycles. The van der Waals surface area contributed by atoms with Crippen LogP contribution in [0.15, 0.2) is 28.9 Å². The van der Waals surface area contributed by atoms with Crippen LogP contribution in [0, 0.1) is 5.92 Å². The quantitative estimate of drug-likeness (QED) is 0.746. The number of fused-ring (bicyclic) bond motifs is 2. The summed E-state index contributed by atoms with van der Waals surface area (Å²) in [4.78, 5) is 20.1. The maximum absolute atomic E-state index is 12.4. The van der Waals surface area contributed by atoms with Crippen LogP contribution >= 0.6 is 15.9 Å². The lowest BCUT2D eigenvalue weighted by molar-refractivity contribution is 0.0794. The van der Waals surface area contributed by atoms with Crippen LogP contribution in [0.25, 0.3) is 16.5 Å². The van der Waals surface area contributed by atoms with Crippen LogP contribution in [0.1, 0.15) is 30.4 Å². The van der Waals surface area contributed by atoms with E-state index in [0.29, 0.717) is 12.6 Å². The molecule has 0 bridgehead atoms. The Morgan fingerprint density at radius 1 is 1.29 bits per heavy atom. The molecule has 3 heterocycles. The highest BCUT2D eigenvalue weighted by molar-refractivity contribution is 9.10. The Hall–Kier alpha value is -1.79. The molecule has 1 N–H and O–H groups in total. The van der Waals surface area contributed by atoms with Gasteiger partial charge in [-0.05, 0) is 71.4 Å². The van der Waals surface area contributed by atoms with Gasteiger partial charge >= 0.3 is 6.09 Å². The van der Waals surface area contributed by atoms with Crippen molar-refractivity contribution in [3.63, 3.8) is 0 Å². The van der Waals surface area contributed by atoms with Crippen molar-refractivity contribution in [2.75, 3.05) is 33.3 Å². The number of aromatic amines is 1. The van der Waals surface area contributed by atoms with Crippen molar-refractivity contribution in [2.24, 2.45) is 5.92 Å². The lowest BCUT2D eigenvalue weighted by Crippen LogP contribution is -2.44. The van der Waals surface area contributed by atoms with Gasteiger partial charge in [0, 0.05) is 42.5 Å². The lowest BCUT2D eigenvalue weighted by atomic mass is 9.80. The molecule has 1 fully saturated rings. The van der Waals surface area contributed by atoms with E-state index in [1.807, 2.05) is 4.90 Å². The van der Waals surface area contributed by atoms with Gasteiger partial charge < -0.3 is 14.6 Å². The lowest BCUT2D eigenvalue weighted by Gasteiger charge is -2.40. The highest BCUT2D eigenvalue weighted by Crippen LogP contribution is 2.43. The normalized spacial score (nSPS) is 24.8. The van der Waals surface area contributed by atoms with Gasteiger partial charge in [-0.1, -0.05) is 18.2 Å². The van der Waals surface area contributed by atoms with Crippen LogP contribution in [0.2, 0.25) is 0 Å². The van der Waals surface area contributed by atoms with Gasteiger partial charge in [-0.25, -0.2) is 4.79 Å². The van der Waals surface area contributed by atoms with Crippen molar-refractivity contribution in [1.29, 1.82) is 0 Å². The second-order valence-electron chi connectivity index (χ2n) is 8.31. The van der Waals surface area contributed by atoms with E-state index < -0.39 is 0 Å². The summed E-state index contributed by atoms with van der Waals surface area (Å²) in [6.45, 7) is 3.03. The average Bonchev–Trinajstić information content (AvgIpc) is 3.04. The molecule has 2 aliphatic heterocycles. The van der Waals surface area contributed by atoms with Gasteiger partial charge in [0.05, 0.1) is 4.60 Å². The minimum absolute atomic E-state index is 0.148. The van der Waals surface area contributed by atoms with E-state index in [0.717, 1.165) is 43.5 Å². The van der Waals surface area contributed by atoms with E-state index in [1.165, 1.54) is 34.0 Å². The number of likely N-dealkylation sites (N-methyl/N-ethyl adjacent to an activating group) is 1. The Morgan fingerprint density at radius 2 is 2.11 bits per heavy atom. The predicted octanol–water partition coefficient (Wildman–Crippen LogP) is 4.42. The number of nitrogens with zero attached hydrogens (tertiary/aromatic N) is 2. The highest BCUT2D eigenvalue weighted by Gasteiger charge is 2.35. The third-order valence-corrected chi connectivity index (χ3v) is 7.12. The molecule has 28 heavy (non-hydrogen) atoms. The summed E-state index contributed by atoms with van der Waals surface area (Å²) in [5, 5.41) is 1.33. The Bertz CT molecular complexity index is 945. The first-order valence-electron chi connectivity index (χ1n) is 10.2. The zero-order valence-corrected chi connectivity index (χ0v) is 17.8. The number of hydrogen-bond acceptors (Lipinski definition) is 3. The van der Waals surface area contributed by atoms with E-state index in [2.05, 4.69) is 57.1 Å². The number of nitrogens with one attached hydrogen (secondary N) is 1. The monoisotopic (exact) mass is 443 g/mol. The number of ether oxygens (including phenoxy) is 1. The number of likely N-dealkylation sites (tertiary alicyclic amines) is 1. The number of aromatic nitrogens is 1. The zero-order chi connectivity index (χ0) is 19.3. The summed E-state index contributed by atoms with van der Waals surface area (Å²) in [5.41, 5.74) is 5.23. The van der Waals surface area contributed by atoms with Gasteiger partial charge in [0.25, 0.3) is 0 Å². The molecule has 5 nitrogen and oxygen atoms in total. The van der Waals surface area contributed by atoms with Crippen LogP contribution < -0.4 is 0 Å². The molecule has 0 radical (unpaired) electrons. The van der Waals surface area contributed by atoms with Crippen LogP contribution in [0.3, 0.4) is 0 Å². The van der Waals surface area contributed by atoms with Gasteiger partial charge in [-0.3, -0.25) is 4.90 Å². The molecule has 5 rings (SSSR count). The molecule has 148 valence electrons. The number of carbonyl (C=O) groups is 1. The minimum atomic E-state index is -0.148. The standard InChI is InChI=1S/C22H26BrN3O2/c1-25-12-14(13-28-22(27)26-8-3-2-4-9-26)10-16-15-6-5-7-18-20(15)17(11-19(16)25)21(23)24-18/h5-7,10,14,19,24H,2-4,8-9,11-13H2,1H3/t14-,19-/m1/s1. The topological polar surface area (TPSA) is 48.6 Å². The van der Waals surface area contributed by atoms with Crippen molar-refractivity contribution in [2.45, 2.75) is 31.7 Å². The Kier molecular flexibility index (Phi) is 4.71. The van der Waals surface area contributed by atoms with E-state index in [9.17, 15) is 4.79 Å². The molecule has 1 amide bonds. The number of benzene rings is 1. The number of hydrogen-bond donors (Lipinski definition) is 1. The van der Waals surface area contributed by atoms with Crippen LogP contribution in [0.5, 0.6) is 0 Å². The van der Waals surface area contributed by atoms with Gasteiger partial charge in [-0.15, -0.1) is 0 Å². The molecule has 1 aliphatic carbocycles. The van der Waals surface area contributed by atoms with Crippen molar-refractivity contribution in [1.82, 2.24) is 14.8 Å². The van der Waals surface area contributed by atoms with Gasteiger partial charge in [0.15, 0.2) is 0 Å². The molecule has 0 unspecified atom stereocenters. The fourth-order valence-electron chi connectivity index (χ4n) is 5.04. The number of rotatable bonds is 2. The largest absolute Gasteiger partial charge is 0.449 e. The summed E-state index contributed by atoms with van der Waals surface area (Å²) in [6, 6.07) is 6.85. The smallest absolute Gasteiger partial charge is 0.409 e. The summed E-state index contributed by atoms with van der Waals surface area (Å²) < 4.78 is 6.80. The number of H-pyrrole nitrogens is 1. The zero-order valence-electron chi connectivity index (χ0n) is 16.2. The minimum Gasteiger partial charge on any atom is -0.449 e. The fourth-order valence-corrected chi connectivity index (χ4v) is 5.62. The molecule has 6 heteroatoms. The van der Waals surface area contributed by atoms with Crippen LogP contribution in [-0.4, -0.2) is 60.2 Å². The number of halogens is 1.